The Hall–Kier alpha value is -3.06. The Morgan fingerprint density at radius 1 is 1.13 bits per heavy atom. The van der Waals surface area contributed by atoms with Gasteiger partial charge < -0.3 is 10.1 Å². The maximum absolute atomic E-state index is 9.42. The summed E-state index contributed by atoms with van der Waals surface area (Å²) in [6, 6.07) is 14.1. The second kappa shape index (κ2) is 5.98. The van der Waals surface area contributed by atoms with Crippen LogP contribution >= 0.6 is 0 Å². The molecular formula is C19H17N3O. The van der Waals surface area contributed by atoms with Crippen LogP contribution < -0.4 is 10.1 Å². The van der Waals surface area contributed by atoms with Gasteiger partial charge in [-0.2, -0.15) is 5.26 Å². The second-order valence-electron chi connectivity index (χ2n) is 5.44. The minimum Gasteiger partial charge on any atom is -0.494 e. The van der Waals surface area contributed by atoms with E-state index in [0.29, 0.717) is 11.3 Å². The normalized spacial score (nSPS) is 10.3. The van der Waals surface area contributed by atoms with Crippen molar-refractivity contribution >= 4 is 22.3 Å². The van der Waals surface area contributed by atoms with Crippen molar-refractivity contribution in [3.63, 3.8) is 0 Å². The van der Waals surface area contributed by atoms with Crippen LogP contribution in [0.4, 0.5) is 11.4 Å². The molecule has 4 nitrogen and oxygen atoms in total. The molecule has 0 atom stereocenters. The lowest BCUT2D eigenvalue weighted by molar-refractivity contribution is 0.419. The largest absolute Gasteiger partial charge is 0.494 e. The zero-order chi connectivity index (χ0) is 16.4. The van der Waals surface area contributed by atoms with E-state index in [4.69, 9.17) is 4.74 Å². The number of methoxy groups -OCH3 is 1. The first kappa shape index (κ1) is 14.9. The number of rotatable bonds is 3. The molecule has 1 heterocycles. The van der Waals surface area contributed by atoms with Gasteiger partial charge in [0.25, 0.3) is 0 Å². The fourth-order valence-electron chi connectivity index (χ4n) is 2.54. The van der Waals surface area contributed by atoms with Crippen LogP contribution in [-0.2, 0) is 0 Å². The lowest BCUT2D eigenvalue weighted by atomic mass is 10.1. The number of hydrogen-bond acceptors (Lipinski definition) is 4. The van der Waals surface area contributed by atoms with E-state index >= 15 is 0 Å². The molecule has 1 aromatic heterocycles. The first-order valence-corrected chi connectivity index (χ1v) is 7.34. The van der Waals surface area contributed by atoms with Crippen LogP contribution in [0.25, 0.3) is 10.9 Å². The highest BCUT2D eigenvalue weighted by Gasteiger charge is 2.12. The molecule has 0 amide bonds. The van der Waals surface area contributed by atoms with Crippen molar-refractivity contribution in [1.29, 1.82) is 5.26 Å². The Morgan fingerprint density at radius 2 is 1.96 bits per heavy atom. The first-order chi connectivity index (χ1) is 11.1. The van der Waals surface area contributed by atoms with Crippen molar-refractivity contribution in [3.05, 3.63) is 59.3 Å². The molecule has 0 saturated heterocycles. The Bertz CT molecular complexity index is 926. The Balaban J connectivity index is 2.18. The lowest BCUT2D eigenvalue weighted by Gasteiger charge is -2.14. The van der Waals surface area contributed by atoms with Crippen LogP contribution in [0.3, 0.4) is 0 Å². The molecular weight excluding hydrogens is 286 g/mol. The van der Waals surface area contributed by atoms with Gasteiger partial charge in [-0.25, -0.2) is 0 Å². The SMILES string of the molecule is COc1cccc2c(Nc3ccc(C)c(C)c3)c(C#N)cnc12. The van der Waals surface area contributed by atoms with Crippen LogP contribution in [0.15, 0.2) is 42.6 Å². The summed E-state index contributed by atoms with van der Waals surface area (Å²) in [5, 5.41) is 13.7. The van der Waals surface area contributed by atoms with E-state index in [1.54, 1.807) is 13.3 Å². The fourth-order valence-corrected chi connectivity index (χ4v) is 2.54. The van der Waals surface area contributed by atoms with Gasteiger partial charge in [0.2, 0.25) is 0 Å². The highest BCUT2D eigenvalue weighted by Crippen LogP contribution is 2.33. The number of para-hydroxylation sites is 1. The molecule has 0 unspecified atom stereocenters. The van der Waals surface area contributed by atoms with Crippen molar-refractivity contribution in [2.24, 2.45) is 0 Å². The van der Waals surface area contributed by atoms with E-state index < -0.39 is 0 Å². The summed E-state index contributed by atoms with van der Waals surface area (Å²) in [5.41, 5.74) is 5.37. The van der Waals surface area contributed by atoms with Crippen molar-refractivity contribution in [2.45, 2.75) is 13.8 Å². The zero-order valence-corrected chi connectivity index (χ0v) is 13.3. The molecule has 0 aliphatic carbocycles. The number of nitrogens with zero attached hydrogens (tertiary/aromatic N) is 2. The number of hydrogen-bond donors (Lipinski definition) is 1. The monoisotopic (exact) mass is 303 g/mol. The molecule has 3 aromatic rings. The molecule has 23 heavy (non-hydrogen) atoms. The van der Waals surface area contributed by atoms with Gasteiger partial charge in [0.15, 0.2) is 0 Å². The predicted octanol–water partition coefficient (Wildman–Crippen LogP) is 4.48. The van der Waals surface area contributed by atoms with Crippen LogP contribution in [0.2, 0.25) is 0 Å². The van der Waals surface area contributed by atoms with Gasteiger partial charge in [-0.1, -0.05) is 18.2 Å². The fraction of sp³-hybridized carbons (Fsp3) is 0.158. The summed E-state index contributed by atoms with van der Waals surface area (Å²) in [6.45, 7) is 4.14. The molecule has 0 saturated carbocycles. The Labute approximate surface area is 135 Å². The molecule has 0 bridgehead atoms. The molecule has 0 spiro atoms. The molecule has 1 N–H and O–H groups in total. The minimum atomic E-state index is 0.504. The summed E-state index contributed by atoms with van der Waals surface area (Å²) < 4.78 is 5.37. The van der Waals surface area contributed by atoms with Crippen LogP contribution in [0.1, 0.15) is 16.7 Å². The number of pyridine rings is 1. The van der Waals surface area contributed by atoms with Gasteiger partial charge in [-0.05, 0) is 43.2 Å². The first-order valence-electron chi connectivity index (χ1n) is 7.34. The molecule has 0 aliphatic heterocycles. The average molecular weight is 303 g/mol. The molecule has 114 valence electrons. The average Bonchev–Trinajstić information content (AvgIpc) is 2.57. The number of benzene rings is 2. The highest BCUT2D eigenvalue weighted by atomic mass is 16.5. The summed E-state index contributed by atoms with van der Waals surface area (Å²) in [7, 11) is 1.62. The van der Waals surface area contributed by atoms with Crippen LogP contribution in [-0.4, -0.2) is 12.1 Å². The smallest absolute Gasteiger partial charge is 0.145 e. The predicted molar refractivity (Wildman–Crippen MR) is 92.2 cm³/mol. The van der Waals surface area contributed by atoms with E-state index in [9.17, 15) is 5.26 Å². The zero-order valence-electron chi connectivity index (χ0n) is 13.3. The lowest BCUT2D eigenvalue weighted by Crippen LogP contribution is -1.98. The van der Waals surface area contributed by atoms with E-state index in [1.807, 2.05) is 24.3 Å². The van der Waals surface area contributed by atoms with Gasteiger partial charge in [-0.15, -0.1) is 0 Å². The quantitative estimate of drug-likeness (QED) is 0.775. The summed E-state index contributed by atoms with van der Waals surface area (Å²) in [4.78, 5) is 4.37. The molecule has 0 radical (unpaired) electrons. The van der Waals surface area contributed by atoms with Crippen LogP contribution in [0.5, 0.6) is 5.75 Å². The number of aromatic nitrogens is 1. The van der Waals surface area contributed by atoms with E-state index in [1.165, 1.54) is 11.1 Å². The molecule has 4 heteroatoms. The minimum absolute atomic E-state index is 0.504. The summed E-state index contributed by atoms with van der Waals surface area (Å²) in [5.74, 6) is 0.690. The Kier molecular flexibility index (Phi) is 3.86. The van der Waals surface area contributed by atoms with Crippen LogP contribution in [0, 0.1) is 25.2 Å². The Morgan fingerprint density at radius 3 is 2.65 bits per heavy atom. The van der Waals surface area contributed by atoms with Crippen molar-refractivity contribution in [2.75, 3.05) is 12.4 Å². The topological polar surface area (TPSA) is 57.9 Å². The van der Waals surface area contributed by atoms with Gasteiger partial charge in [-0.3, -0.25) is 4.98 Å². The standard InChI is InChI=1S/C19H17N3O/c1-12-7-8-15(9-13(12)2)22-18-14(10-20)11-21-19-16(18)5-4-6-17(19)23-3/h4-9,11H,1-3H3,(H,21,22). The molecule has 0 fully saturated rings. The maximum atomic E-state index is 9.42. The molecule has 3 rings (SSSR count). The second-order valence-corrected chi connectivity index (χ2v) is 5.44. The van der Waals surface area contributed by atoms with E-state index in [0.717, 1.165) is 22.3 Å². The van der Waals surface area contributed by atoms with Gasteiger partial charge in [0, 0.05) is 17.3 Å². The van der Waals surface area contributed by atoms with Crippen molar-refractivity contribution < 1.29 is 4.74 Å². The highest BCUT2D eigenvalue weighted by molar-refractivity contribution is 5.98. The molecule has 0 aliphatic rings. The number of ether oxygens (including phenoxy) is 1. The van der Waals surface area contributed by atoms with Crippen molar-refractivity contribution in [3.8, 4) is 11.8 Å². The third-order valence-corrected chi connectivity index (χ3v) is 3.98. The van der Waals surface area contributed by atoms with Gasteiger partial charge in [0.1, 0.15) is 17.3 Å². The maximum Gasteiger partial charge on any atom is 0.145 e. The third-order valence-electron chi connectivity index (χ3n) is 3.98. The van der Waals surface area contributed by atoms with E-state index in [2.05, 4.69) is 42.4 Å². The van der Waals surface area contributed by atoms with E-state index in [-0.39, 0.29) is 0 Å². The number of anilines is 2. The number of nitriles is 1. The third kappa shape index (κ3) is 2.69. The van der Waals surface area contributed by atoms with Crippen molar-refractivity contribution in [1.82, 2.24) is 4.98 Å². The number of nitrogens with one attached hydrogen (secondary N) is 1. The van der Waals surface area contributed by atoms with Gasteiger partial charge in [0.05, 0.1) is 18.4 Å². The van der Waals surface area contributed by atoms with Gasteiger partial charge >= 0.3 is 0 Å². The summed E-state index contributed by atoms with van der Waals surface area (Å²) in [6.07, 6.45) is 1.58. The molecule has 2 aromatic carbocycles. The summed E-state index contributed by atoms with van der Waals surface area (Å²) >= 11 is 0. The number of fused-ring (bicyclic) bond motifs is 1. The number of aryl methyl sites for hydroxylation is 2.